The molecule has 1 fully saturated rings. The van der Waals surface area contributed by atoms with E-state index >= 15 is 0 Å². The largest absolute Gasteiger partial charge is 0.496 e. The van der Waals surface area contributed by atoms with Gasteiger partial charge in [0.2, 0.25) is 0 Å². The van der Waals surface area contributed by atoms with Gasteiger partial charge in [-0.3, -0.25) is 9.59 Å². The van der Waals surface area contributed by atoms with E-state index in [0.29, 0.717) is 37.3 Å². The van der Waals surface area contributed by atoms with Crippen LogP contribution >= 0.6 is 0 Å². The first kappa shape index (κ1) is 18.9. The second-order valence-corrected chi connectivity index (χ2v) is 6.66. The van der Waals surface area contributed by atoms with E-state index in [2.05, 4.69) is 0 Å². The average molecular weight is 370 g/mol. The average Bonchev–Trinajstić information content (AvgIpc) is 2.69. The van der Waals surface area contributed by atoms with Crippen molar-refractivity contribution < 1.29 is 18.7 Å². The van der Waals surface area contributed by atoms with E-state index in [1.807, 2.05) is 13.8 Å². The quantitative estimate of drug-likeness (QED) is 0.834. The van der Waals surface area contributed by atoms with Gasteiger partial charge in [0.25, 0.3) is 11.8 Å². The van der Waals surface area contributed by atoms with Gasteiger partial charge in [-0.15, -0.1) is 0 Å². The number of halogens is 1. The van der Waals surface area contributed by atoms with Crippen LogP contribution in [0.4, 0.5) is 4.39 Å². The standard InChI is InChI=1S/C21H23FN2O3/c1-14-15(2)19(27-3)8-7-18(14)21(26)24-11-9-23(10-12-24)20(25)16-5-4-6-17(22)13-16/h4-8,13H,9-12H2,1-3H3. The third kappa shape index (κ3) is 3.79. The molecule has 27 heavy (non-hydrogen) atoms. The molecule has 2 aromatic carbocycles. The molecular weight excluding hydrogens is 347 g/mol. The van der Waals surface area contributed by atoms with Gasteiger partial charge in [0.05, 0.1) is 7.11 Å². The third-order valence-corrected chi connectivity index (χ3v) is 5.11. The number of nitrogens with zero attached hydrogens (tertiary/aromatic N) is 2. The van der Waals surface area contributed by atoms with E-state index < -0.39 is 5.82 Å². The summed E-state index contributed by atoms with van der Waals surface area (Å²) in [6.07, 6.45) is 0. The van der Waals surface area contributed by atoms with Crippen LogP contribution in [0.2, 0.25) is 0 Å². The Kier molecular flexibility index (Phi) is 5.44. The van der Waals surface area contributed by atoms with E-state index in [1.54, 1.807) is 35.1 Å². The molecule has 0 spiro atoms. The predicted octanol–water partition coefficient (Wildman–Crippen LogP) is 3.05. The molecule has 3 rings (SSSR count). The highest BCUT2D eigenvalue weighted by Gasteiger charge is 2.26. The number of piperazine rings is 1. The van der Waals surface area contributed by atoms with E-state index in [9.17, 15) is 14.0 Å². The minimum absolute atomic E-state index is 0.0453. The number of carbonyl (C=O) groups is 2. The minimum atomic E-state index is -0.431. The van der Waals surface area contributed by atoms with Crippen molar-refractivity contribution in [3.8, 4) is 5.75 Å². The Morgan fingerprint density at radius 2 is 1.56 bits per heavy atom. The zero-order valence-electron chi connectivity index (χ0n) is 15.8. The van der Waals surface area contributed by atoms with Crippen molar-refractivity contribution in [1.29, 1.82) is 0 Å². The Morgan fingerprint density at radius 1 is 0.926 bits per heavy atom. The maximum Gasteiger partial charge on any atom is 0.254 e. The van der Waals surface area contributed by atoms with E-state index in [4.69, 9.17) is 4.74 Å². The Morgan fingerprint density at radius 3 is 2.15 bits per heavy atom. The lowest BCUT2D eigenvalue weighted by atomic mass is 10.0. The number of hydrogen-bond donors (Lipinski definition) is 0. The molecule has 5 nitrogen and oxygen atoms in total. The molecule has 0 radical (unpaired) electrons. The van der Waals surface area contributed by atoms with Crippen LogP contribution < -0.4 is 4.74 Å². The fourth-order valence-electron chi connectivity index (χ4n) is 3.34. The molecule has 1 aliphatic heterocycles. The van der Waals surface area contributed by atoms with E-state index in [-0.39, 0.29) is 11.8 Å². The van der Waals surface area contributed by atoms with Crippen LogP contribution in [0.5, 0.6) is 5.75 Å². The van der Waals surface area contributed by atoms with Crippen molar-refractivity contribution >= 4 is 11.8 Å². The first-order valence-electron chi connectivity index (χ1n) is 8.90. The van der Waals surface area contributed by atoms with Crippen LogP contribution in [-0.2, 0) is 0 Å². The first-order valence-corrected chi connectivity index (χ1v) is 8.90. The van der Waals surface area contributed by atoms with E-state index in [1.165, 1.54) is 18.2 Å². The Balaban J connectivity index is 1.68. The molecule has 1 heterocycles. The van der Waals surface area contributed by atoms with Gasteiger partial charge in [-0.05, 0) is 55.3 Å². The molecule has 0 saturated carbocycles. The zero-order chi connectivity index (χ0) is 19.6. The van der Waals surface area contributed by atoms with Crippen molar-refractivity contribution in [2.75, 3.05) is 33.3 Å². The molecule has 6 heteroatoms. The molecule has 0 aliphatic carbocycles. The normalized spacial score (nSPS) is 14.2. The van der Waals surface area contributed by atoms with Gasteiger partial charge in [-0.1, -0.05) is 6.07 Å². The summed E-state index contributed by atoms with van der Waals surface area (Å²) in [6.45, 7) is 5.59. The van der Waals surface area contributed by atoms with Crippen molar-refractivity contribution in [3.05, 3.63) is 64.5 Å². The van der Waals surface area contributed by atoms with Crippen molar-refractivity contribution in [1.82, 2.24) is 9.80 Å². The smallest absolute Gasteiger partial charge is 0.254 e. The van der Waals surface area contributed by atoms with Gasteiger partial charge in [0.15, 0.2) is 0 Å². The van der Waals surface area contributed by atoms with Gasteiger partial charge in [-0.25, -0.2) is 4.39 Å². The zero-order valence-corrected chi connectivity index (χ0v) is 15.8. The lowest BCUT2D eigenvalue weighted by Crippen LogP contribution is -2.50. The predicted molar refractivity (Wildman–Crippen MR) is 101 cm³/mol. The SMILES string of the molecule is COc1ccc(C(=O)N2CCN(C(=O)c3cccc(F)c3)CC2)c(C)c1C. The van der Waals surface area contributed by atoms with Gasteiger partial charge < -0.3 is 14.5 Å². The second-order valence-electron chi connectivity index (χ2n) is 6.66. The highest BCUT2D eigenvalue weighted by atomic mass is 19.1. The van der Waals surface area contributed by atoms with Crippen LogP contribution in [-0.4, -0.2) is 54.9 Å². The molecule has 0 N–H and O–H groups in total. The maximum absolute atomic E-state index is 13.3. The highest BCUT2D eigenvalue weighted by molar-refractivity contribution is 5.97. The summed E-state index contributed by atoms with van der Waals surface area (Å²) in [4.78, 5) is 28.8. The summed E-state index contributed by atoms with van der Waals surface area (Å²) >= 11 is 0. The second kappa shape index (κ2) is 7.78. The minimum Gasteiger partial charge on any atom is -0.496 e. The monoisotopic (exact) mass is 370 g/mol. The topological polar surface area (TPSA) is 49.9 Å². The van der Waals surface area contributed by atoms with Crippen LogP contribution in [0, 0.1) is 19.7 Å². The molecule has 142 valence electrons. The molecule has 0 atom stereocenters. The van der Waals surface area contributed by atoms with Crippen molar-refractivity contribution in [2.45, 2.75) is 13.8 Å². The first-order chi connectivity index (χ1) is 12.9. The molecule has 0 unspecified atom stereocenters. The number of carbonyl (C=O) groups excluding carboxylic acids is 2. The van der Waals surface area contributed by atoms with Gasteiger partial charge >= 0.3 is 0 Å². The van der Waals surface area contributed by atoms with Gasteiger partial charge in [0.1, 0.15) is 11.6 Å². The number of benzene rings is 2. The summed E-state index contributed by atoms with van der Waals surface area (Å²) < 4.78 is 18.6. The molecular formula is C21H23FN2O3. The van der Waals surface area contributed by atoms with E-state index in [0.717, 1.165) is 16.9 Å². The summed E-state index contributed by atoms with van der Waals surface area (Å²) in [6, 6.07) is 9.27. The van der Waals surface area contributed by atoms with Gasteiger partial charge in [0, 0.05) is 37.3 Å². The summed E-state index contributed by atoms with van der Waals surface area (Å²) in [5.41, 5.74) is 2.83. The number of amides is 2. The number of hydrogen-bond acceptors (Lipinski definition) is 3. The molecule has 2 amide bonds. The maximum atomic E-state index is 13.3. The molecule has 1 aliphatic rings. The van der Waals surface area contributed by atoms with Crippen molar-refractivity contribution in [2.24, 2.45) is 0 Å². The third-order valence-electron chi connectivity index (χ3n) is 5.11. The number of methoxy groups -OCH3 is 1. The number of ether oxygens (including phenoxy) is 1. The molecule has 0 aromatic heterocycles. The lowest BCUT2D eigenvalue weighted by Gasteiger charge is -2.35. The van der Waals surface area contributed by atoms with Crippen LogP contribution in [0.3, 0.4) is 0 Å². The van der Waals surface area contributed by atoms with Crippen LogP contribution in [0.25, 0.3) is 0 Å². The summed E-state index contributed by atoms with van der Waals surface area (Å²) in [7, 11) is 1.61. The summed E-state index contributed by atoms with van der Waals surface area (Å²) in [5.74, 6) is 0.0729. The highest BCUT2D eigenvalue weighted by Crippen LogP contribution is 2.25. The Bertz CT molecular complexity index is 874. The summed E-state index contributed by atoms with van der Waals surface area (Å²) in [5, 5.41) is 0. The fraction of sp³-hybridized carbons (Fsp3) is 0.333. The number of rotatable bonds is 3. The molecule has 0 bridgehead atoms. The Hall–Kier alpha value is -2.89. The lowest BCUT2D eigenvalue weighted by molar-refractivity contribution is 0.0534. The molecule has 1 saturated heterocycles. The fourth-order valence-corrected chi connectivity index (χ4v) is 3.34. The van der Waals surface area contributed by atoms with Crippen LogP contribution in [0.15, 0.2) is 36.4 Å². The van der Waals surface area contributed by atoms with Gasteiger partial charge in [-0.2, -0.15) is 0 Å². The van der Waals surface area contributed by atoms with Crippen LogP contribution in [0.1, 0.15) is 31.8 Å². The van der Waals surface area contributed by atoms with Crippen molar-refractivity contribution in [3.63, 3.8) is 0 Å². The Labute approximate surface area is 158 Å². The molecule has 2 aromatic rings.